The van der Waals surface area contributed by atoms with Crippen molar-refractivity contribution in [2.24, 2.45) is 0 Å². The summed E-state index contributed by atoms with van der Waals surface area (Å²) in [6.07, 6.45) is 0. The van der Waals surface area contributed by atoms with Crippen LogP contribution in [0.2, 0.25) is 10.0 Å². The first-order valence-corrected chi connectivity index (χ1v) is 7.67. The van der Waals surface area contributed by atoms with Gasteiger partial charge in [0, 0.05) is 30.1 Å². The zero-order valence-corrected chi connectivity index (χ0v) is 14.4. The molecule has 0 aromatic heterocycles. The van der Waals surface area contributed by atoms with Gasteiger partial charge in [-0.2, -0.15) is 0 Å². The second-order valence-electron chi connectivity index (χ2n) is 4.66. The van der Waals surface area contributed by atoms with Crippen molar-refractivity contribution < 1.29 is 0 Å². The van der Waals surface area contributed by atoms with Crippen LogP contribution < -0.4 is 10.2 Å². The first kappa shape index (κ1) is 15.5. The second kappa shape index (κ2) is 6.70. The van der Waals surface area contributed by atoms with E-state index in [1.54, 1.807) is 0 Å². The monoisotopic (exact) mass is 372 g/mol. The summed E-state index contributed by atoms with van der Waals surface area (Å²) in [5, 5.41) is 4.82. The molecule has 0 radical (unpaired) electrons. The molecule has 2 rings (SSSR count). The van der Waals surface area contributed by atoms with E-state index in [4.69, 9.17) is 23.2 Å². The highest BCUT2D eigenvalue weighted by Gasteiger charge is 2.06. The molecule has 0 atom stereocenters. The Hall–Kier alpha value is -0.900. The van der Waals surface area contributed by atoms with E-state index in [1.807, 2.05) is 55.4 Å². The summed E-state index contributed by atoms with van der Waals surface area (Å²) in [4.78, 5) is 2.05. The van der Waals surface area contributed by atoms with Crippen molar-refractivity contribution >= 4 is 50.5 Å². The Morgan fingerprint density at radius 2 is 1.85 bits per heavy atom. The Bertz CT molecular complexity index is 615. The number of benzene rings is 2. The van der Waals surface area contributed by atoms with Crippen LogP contribution in [0.5, 0.6) is 0 Å². The number of halogens is 3. The van der Waals surface area contributed by atoms with E-state index < -0.39 is 0 Å². The number of anilines is 2. The van der Waals surface area contributed by atoms with Gasteiger partial charge in [-0.05, 0) is 51.8 Å². The van der Waals surface area contributed by atoms with Crippen molar-refractivity contribution in [3.8, 4) is 0 Å². The highest BCUT2D eigenvalue weighted by molar-refractivity contribution is 9.10. The van der Waals surface area contributed by atoms with Crippen molar-refractivity contribution in [2.45, 2.75) is 6.54 Å². The van der Waals surface area contributed by atoms with Gasteiger partial charge in [-0.3, -0.25) is 0 Å². The first-order chi connectivity index (χ1) is 9.47. The summed E-state index contributed by atoms with van der Waals surface area (Å²) in [7, 11) is 4.01. The number of nitrogens with zero attached hydrogens (tertiary/aromatic N) is 1. The van der Waals surface area contributed by atoms with Crippen LogP contribution in [-0.2, 0) is 6.54 Å². The molecule has 0 aliphatic rings. The van der Waals surface area contributed by atoms with Gasteiger partial charge in [-0.15, -0.1) is 0 Å². The van der Waals surface area contributed by atoms with Gasteiger partial charge in [-0.1, -0.05) is 29.3 Å². The van der Waals surface area contributed by atoms with E-state index in [9.17, 15) is 0 Å². The molecule has 20 heavy (non-hydrogen) atoms. The molecule has 0 heterocycles. The van der Waals surface area contributed by atoms with E-state index in [0.29, 0.717) is 16.6 Å². The molecule has 1 N–H and O–H groups in total. The first-order valence-electron chi connectivity index (χ1n) is 6.12. The van der Waals surface area contributed by atoms with E-state index >= 15 is 0 Å². The minimum atomic E-state index is 0.689. The van der Waals surface area contributed by atoms with Crippen molar-refractivity contribution in [2.75, 3.05) is 24.3 Å². The third kappa shape index (κ3) is 3.81. The van der Waals surface area contributed by atoms with E-state index in [2.05, 4.69) is 21.2 Å². The highest BCUT2D eigenvalue weighted by atomic mass is 79.9. The molecule has 2 aromatic carbocycles. The fourth-order valence-electron chi connectivity index (χ4n) is 1.89. The predicted molar refractivity (Wildman–Crippen MR) is 92.3 cm³/mol. The van der Waals surface area contributed by atoms with Crippen molar-refractivity contribution in [3.05, 3.63) is 56.5 Å². The lowest BCUT2D eigenvalue weighted by molar-refractivity contribution is 1.10. The Kier molecular flexibility index (Phi) is 5.19. The van der Waals surface area contributed by atoms with Gasteiger partial charge in [0.2, 0.25) is 0 Å². The number of nitrogens with one attached hydrogen (secondary N) is 1. The molecule has 5 heteroatoms. The Labute approximate surface area is 137 Å². The van der Waals surface area contributed by atoms with Crippen molar-refractivity contribution in [1.29, 1.82) is 0 Å². The topological polar surface area (TPSA) is 15.3 Å². The molecule has 0 bridgehead atoms. The normalized spacial score (nSPS) is 10.4. The second-order valence-corrected chi connectivity index (χ2v) is 6.36. The van der Waals surface area contributed by atoms with Crippen LogP contribution in [0, 0.1) is 0 Å². The zero-order valence-electron chi connectivity index (χ0n) is 11.3. The molecule has 0 aliphatic heterocycles. The van der Waals surface area contributed by atoms with Crippen LogP contribution in [0.25, 0.3) is 0 Å². The quantitative estimate of drug-likeness (QED) is 0.768. The molecule has 2 nitrogen and oxygen atoms in total. The van der Waals surface area contributed by atoms with Gasteiger partial charge in [-0.25, -0.2) is 0 Å². The van der Waals surface area contributed by atoms with Crippen LogP contribution in [0.15, 0.2) is 40.9 Å². The standard InChI is InChI=1S/C15H15BrCl2N2/c1-20(2)15-6-4-11(17)8-14(15)19-9-10-3-5-12(16)13(18)7-10/h3-8,19H,9H2,1-2H3. The van der Waals surface area contributed by atoms with E-state index in [1.165, 1.54) is 0 Å². The highest BCUT2D eigenvalue weighted by Crippen LogP contribution is 2.29. The fraction of sp³-hybridized carbons (Fsp3) is 0.200. The average molecular weight is 374 g/mol. The number of rotatable bonds is 4. The zero-order chi connectivity index (χ0) is 14.7. The van der Waals surface area contributed by atoms with Gasteiger partial charge in [0.1, 0.15) is 0 Å². The Morgan fingerprint density at radius 1 is 1.10 bits per heavy atom. The molecule has 0 saturated carbocycles. The summed E-state index contributed by atoms with van der Waals surface area (Å²) >= 11 is 15.6. The molecule has 0 fully saturated rings. The lowest BCUT2D eigenvalue weighted by Gasteiger charge is -2.19. The lowest BCUT2D eigenvalue weighted by Crippen LogP contribution is -2.12. The molecule has 0 amide bonds. The summed E-state index contributed by atoms with van der Waals surface area (Å²) in [5.41, 5.74) is 3.21. The van der Waals surface area contributed by atoms with Gasteiger partial charge in [0.05, 0.1) is 16.4 Å². The minimum absolute atomic E-state index is 0.689. The van der Waals surface area contributed by atoms with Gasteiger partial charge in [0.25, 0.3) is 0 Å². The molecule has 0 aliphatic carbocycles. The average Bonchev–Trinajstić information content (AvgIpc) is 2.40. The SMILES string of the molecule is CN(C)c1ccc(Cl)cc1NCc1ccc(Br)c(Cl)c1. The van der Waals surface area contributed by atoms with Gasteiger partial charge in [0.15, 0.2) is 0 Å². The molecule has 0 spiro atoms. The predicted octanol–water partition coefficient (Wildman–Crippen LogP) is 5.43. The molecule has 106 valence electrons. The van der Waals surface area contributed by atoms with Crippen LogP contribution in [0.3, 0.4) is 0 Å². The molecular formula is C15H15BrCl2N2. The largest absolute Gasteiger partial charge is 0.379 e. The molecule has 0 saturated heterocycles. The Balaban J connectivity index is 2.17. The van der Waals surface area contributed by atoms with Crippen molar-refractivity contribution in [3.63, 3.8) is 0 Å². The molecular weight excluding hydrogens is 359 g/mol. The van der Waals surface area contributed by atoms with E-state index in [-0.39, 0.29) is 0 Å². The lowest BCUT2D eigenvalue weighted by atomic mass is 10.2. The van der Waals surface area contributed by atoms with Crippen LogP contribution >= 0.6 is 39.1 Å². The van der Waals surface area contributed by atoms with Crippen LogP contribution in [0.4, 0.5) is 11.4 Å². The summed E-state index contributed by atoms with van der Waals surface area (Å²) in [6, 6.07) is 11.7. The maximum Gasteiger partial charge on any atom is 0.0597 e. The van der Waals surface area contributed by atoms with Crippen LogP contribution in [-0.4, -0.2) is 14.1 Å². The molecule has 0 unspecified atom stereocenters. The number of hydrogen-bond donors (Lipinski definition) is 1. The van der Waals surface area contributed by atoms with Crippen LogP contribution in [0.1, 0.15) is 5.56 Å². The van der Waals surface area contributed by atoms with E-state index in [0.717, 1.165) is 21.4 Å². The molecule has 2 aromatic rings. The Morgan fingerprint density at radius 3 is 2.50 bits per heavy atom. The number of hydrogen-bond acceptors (Lipinski definition) is 2. The third-order valence-corrected chi connectivity index (χ3v) is 4.37. The van der Waals surface area contributed by atoms with Crippen molar-refractivity contribution in [1.82, 2.24) is 0 Å². The maximum absolute atomic E-state index is 6.10. The summed E-state index contributed by atoms with van der Waals surface area (Å²) < 4.78 is 0.902. The minimum Gasteiger partial charge on any atom is -0.379 e. The third-order valence-electron chi connectivity index (χ3n) is 2.91. The van der Waals surface area contributed by atoms with Gasteiger partial charge >= 0.3 is 0 Å². The fourth-order valence-corrected chi connectivity index (χ4v) is 2.51. The maximum atomic E-state index is 6.10. The smallest absolute Gasteiger partial charge is 0.0597 e. The summed E-state index contributed by atoms with van der Waals surface area (Å²) in [6.45, 7) is 0.689. The summed E-state index contributed by atoms with van der Waals surface area (Å²) in [5.74, 6) is 0. The van der Waals surface area contributed by atoms with Gasteiger partial charge < -0.3 is 10.2 Å².